The molecule has 0 saturated heterocycles. The Labute approximate surface area is 83.7 Å². The van der Waals surface area contributed by atoms with Gasteiger partial charge in [0.15, 0.2) is 5.96 Å². The third-order valence-corrected chi connectivity index (χ3v) is 0.991. The number of hydrogen-bond donors (Lipinski definition) is 2. The van der Waals surface area contributed by atoms with Crippen LogP contribution in [0.15, 0.2) is 4.99 Å². The number of nitriles is 1. The van der Waals surface area contributed by atoms with Gasteiger partial charge in [-0.3, -0.25) is 4.99 Å². The molecule has 0 rings (SSSR count). The minimum Gasteiger partial charge on any atom is -0.370 e. The largest absolute Gasteiger partial charge is 0.370 e. The average Bonchev–Trinajstić information content (AvgIpc) is 1.87. The molecule has 0 spiro atoms. The molecule has 0 aromatic carbocycles. The van der Waals surface area contributed by atoms with Crippen LogP contribution in [-0.2, 0) is 0 Å². The number of aliphatic imine (C=N–C) groups is 1. The van der Waals surface area contributed by atoms with E-state index >= 15 is 0 Å². The molecule has 0 radical (unpaired) electrons. The number of guanidine groups is 1. The molecule has 64 valence electrons. The molecule has 0 aromatic rings. The Hall–Kier alpha value is -0.510. The van der Waals surface area contributed by atoms with Crippen LogP contribution in [0.5, 0.6) is 0 Å². The molecule has 0 aliphatic heterocycles. The van der Waals surface area contributed by atoms with Gasteiger partial charge in [-0.15, -0.1) is 24.0 Å². The summed E-state index contributed by atoms with van der Waals surface area (Å²) in [6.07, 6.45) is 2.33. The Balaban J connectivity index is 0. The number of nitrogens with two attached hydrogens (primary N) is 2. The predicted octanol–water partition coefficient (Wildman–Crippen LogP) is 0.572. The highest BCUT2D eigenvalue weighted by Crippen LogP contribution is 1.92. The van der Waals surface area contributed by atoms with Gasteiger partial charge in [0.05, 0.1) is 6.07 Å². The van der Waals surface area contributed by atoms with Crippen LogP contribution in [0, 0.1) is 11.3 Å². The molecular formula is C6H13IN4. The zero-order valence-corrected chi connectivity index (χ0v) is 8.62. The molecule has 0 saturated carbocycles. The highest BCUT2D eigenvalue weighted by atomic mass is 127. The highest BCUT2D eigenvalue weighted by molar-refractivity contribution is 14.0. The second kappa shape index (κ2) is 9.49. The van der Waals surface area contributed by atoms with Crippen molar-refractivity contribution >= 4 is 29.9 Å². The van der Waals surface area contributed by atoms with Crippen molar-refractivity contribution in [2.24, 2.45) is 16.5 Å². The summed E-state index contributed by atoms with van der Waals surface area (Å²) in [4.78, 5) is 3.76. The Morgan fingerprint density at radius 2 is 2.00 bits per heavy atom. The number of halogens is 1. The Morgan fingerprint density at radius 3 is 2.45 bits per heavy atom. The highest BCUT2D eigenvalue weighted by Gasteiger charge is 1.85. The van der Waals surface area contributed by atoms with Crippen LogP contribution in [0.1, 0.15) is 19.3 Å². The molecule has 0 amide bonds. The van der Waals surface area contributed by atoms with E-state index in [-0.39, 0.29) is 29.9 Å². The van der Waals surface area contributed by atoms with E-state index in [2.05, 4.69) is 4.99 Å². The standard InChI is InChI=1S/C6H12N4.HI/c7-4-2-1-3-5-10-6(8)9;/h1-3,5H2,(H4,8,9,10);1H. The molecule has 4 nitrogen and oxygen atoms in total. The van der Waals surface area contributed by atoms with E-state index in [0.717, 1.165) is 12.8 Å². The predicted molar refractivity (Wildman–Crippen MR) is 55.6 cm³/mol. The summed E-state index contributed by atoms with van der Waals surface area (Å²) in [5, 5.41) is 8.14. The number of nitrogens with zero attached hydrogens (tertiary/aromatic N) is 2. The lowest BCUT2D eigenvalue weighted by Crippen LogP contribution is -2.22. The molecule has 0 heterocycles. The van der Waals surface area contributed by atoms with Crippen molar-refractivity contribution in [3.63, 3.8) is 0 Å². The van der Waals surface area contributed by atoms with Crippen LogP contribution in [0.2, 0.25) is 0 Å². The van der Waals surface area contributed by atoms with Crippen molar-refractivity contribution in [1.82, 2.24) is 0 Å². The van der Waals surface area contributed by atoms with Gasteiger partial charge in [-0.25, -0.2) is 0 Å². The minimum absolute atomic E-state index is 0. The molecule has 0 bridgehead atoms. The van der Waals surface area contributed by atoms with Gasteiger partial charge in [0.1, 0.15) is 0 Å². The Morgan fingerprint density at radius 1 is 1.36 bits per heavy atom. The summed E-state index contributed by atoms with van der Waals surface area (Å²) in [6, 6.07) is 2.04. The van der Waals surface area contributed by atoms with Gasteiger partial charge in [0.2, 0.25) is 0 Å². The van der Waals surface area contributed by atoms with Crippen molar-refractivity contribution in [2.75, 3.05) is 6.54 Å². The zero-order valence-electron chi connectivity index (χ0n) is 6.29. The molecule has 4 N–H and O–H groups in total. The topological polar surface area (TPSA) is 88.2 Å². The summed E-state index contributed by atoms with van der Waals surface area (Å²) in [5.74, 6) is 0.122. The lowest BCUT2D eigenvalue weighted by atomic mass is 10.2. The third kappa shape index (κ3) is 12.6. The second-order valence-corrected chi connectivity index (χ2v) is 1.92. The third-order valence-electron chi connectivity index (χ3n) is 0.991. The van der Waals surface area contributed by atoms with Crippen LogP contribution >= 0.6 is 24.0 Å². The van der Waals surface area contributed by atoms with Crippen LogP contribution in [0.3, 0.4) is 0 Å². The second-order valence-electron chi connectivity index (χ2n) is 1.92. The molecular weight excluding hydrogens is 255 g/mol. The van der Waals surface area contributed by atoms with Crippen LogP contribution in [0.4, 0.5) is 0 Å². The molecule has 11 heavy (non-hydrogen) atoms. The van der Waals surface area contributed by atoms with Crippen LogP contribution < -0.4 is 11.5 Å². The van der Waals surface area contributed by atoms with Gasteiger partial charge in [-0.05, 0) is 12.8 Å². The monoisotopic (exact) mass is 268 g/mol. The summed E-state index contributed by atoms with van der Waals surface area (Å²) in [5.41, 5.74) is 10.1. The first-order valence-corrected chi connectivity index (χ1v) is 3.19. The lowest BCUT2D eigenvalue weighted by molar-refractivity contribution is 0.763. The summed E-state index contributed by atoms with van der Waals surface area (Å²) >= 11 is 0. The molecule has 5 heteroatoms. The van der Waals surface area contributed by atoms with E-state index in [4.69, 9.17) is 16.7 Å². The maximum absolute atomic E-state index is 8.14. The van der Waals surface area contributed by atoms with Gasteiger partial charge in [-0.1, -0.05) is 0 Å². The smallest absolute Gasteiger partial charge is 0.185 e. The molecule has 0 aromatic heterocycles. The number of hydrogen-bond acceptors (Lipinski definition) is 2. The average molecular weight is 268 g/mol. The summed E-state index contributed by atoms with van der Waals surface area (Å²) in [7, 11) is 0. The van der Waals surface area contributed by atoms with E-state index < -0.39 is 0 Å². The van der Waals surface area contributed by atoms with Gasteiger partial charge < -0.3 is 11.5 Å². The van der Waals surface area contributed by atoms with E-state index in [9.17, 15) is 0 Å². The fraction of sp³-hybridized carbons (Fsp3) is 0.667. The number of rotatable bonds is 4. The SMILES string of the molecule is I.N#CCCCCN=C(N)N. The zero-order chi connectivity index (χ0) is 7.82. The van der Waals surface area contributed by atoms with Crippen molar-refractivity contribution in [3.8, 4) is 6.07 Å². The first-order chi connectivity index (χ1) is 4.77. The van der Waals surface area contributed by atoms with Crippen molar-refractivity contribution < 1.29 is 0 Å². The Kier molecular flexibility index (Phi) is 11.3. The maximum atomic E-state index is 8.14. The molecule has 0 fully saturated rings. The van der Waals surface area contributed by atoms with E-state index in [0.29, 0.717) is 13.0 Å². The minimum atomic E-state index is 0. The van der Waals surface area contributed by atoms with Crippen LogP contribution in [0.25, 0.3) is 0 Å². The quantitative estimate of drug-likeness (QED) is 0.338. The fourth-order valence-electron chi connectivity index (χ4n) is 0.524. The van der Waals surface area contributed by atoms with Crippen molar-refractivity contribution in [3.05, 3.63) is 0 Å². The molecule has 0 aliphatic rings. The molecule has 0 atom stereocenters. The maximum Gasteiger partial charge on any atom is 0.185 e. The van der Waals surface area contributed by atoms with Gasteiger partial charge >= 0.3 is 0 Å². The van der Waals surface area contributed by atoms with Crippen molar-refractivity contribution in [2.45, 2.75) is 19.3 Å². The summed E-state index contributed by atoms with van der Waals surface area (Å²) in [6.45, 7) is 0.629. The first-order valence-electron chi connectivity index (χ1n) is 3.19. The van der Waals surface area contributed by atoms with Gasteiger partial charge in [0.25, 0.3) is 0 Å². The van der Waals surface area contributed by atoms with E-state index in [1.54, 1.807) is 0 Å². The Bertz CT molecular complexity index is 145. The summed E-state index contributed by atoms with van der Waals surface area (Å²) < 4.78 is 0. The number of unbranched alkanes of at least 4 members (excludes halogenated alkanes) is 2. The molecule has 0 aliphatic carbocycles. The van der Waals surface area contributed by atoms with Gasteiger partial charge in [-0.2, -0.15) is 5.26 Å². The van der Waals surface area contributed by atoms with E-state index in [1.165, 1.54) is 0 Å². The first kappa shape index (κ1) is 13.1. The van der Waals surface area contributed by atoms with Crippen LogP contribution in [-0.4, -0.2) is 12.5 Å². The van der Waals surface area contributed by atoms with E-state index in [1.807, 2.05) is 6.07 Å². The van der Waals surface area contributed by atoms with Gasteiger partial charge in [0, 0.05) is 13.0 Å². The normalized spacial score (nSPS) is 7.55. The van der Waals surface area contributed by atoms with Crippen molar-refractivity contribution in [1.29, 1.82) is 5.26 Å². The molecule has 0 unspecified atom stereocenters. The lowest BCUT2D eigenvalue weighted by Gasteiger charge is -1.91. The fourth-order valence-corrected chi connectivity index (χ4v) is 0.524.